The Morgan fingerprint density at radius 3 is 2.52 bits per heavy atom. The van der Waals surface area contributed by atoms with Crippen LogP contribution in [0, 0.1) is 15.9 Å². The fraction of sp³-hybridized carbons (Fsp3) is 0.0714. The molecule has 0 saturated heterocycles. The number of carbonyl (C=O) groups excluding carboxylic acids is 1. The number of halogens is 1. The molecule has 2 aromatic carbocycles. The smallest absolute Gasteiger partial charge is 0.338 e. The van der Waals surface area contributed by atoms with E-state index in [1.165, 1.54) is 36.4 Å². The summed E-state index contributed by atoms with van der Waals surface area (Å²) in [6.45, 7) is -0.0582. The lowest BCUT2D eigenvalue weighted by atomic mass is 10.2. The summed E-state index contributed by atoms with van der Waals surface area (Å²) in [5, 5.41) is 10.7. The van der Waals surface area contributed by atoms with Crippen LogP contribution in [0.1, 0.15) is 15.9 Å². The number of anilines is 1. The average molecular weight is 290 g/mol. The molecule has 7 heteroatoms. The van der Waals surface area contributed by atoms with Gasteiger partial charge in [0.2, 0.25) is 0 Å². The Bertz CT molecular complexity index is 686. The topological polar surface area (TPSA) is 95.5 Å². The molecule has 0 saturated carbocycles. The van der Waals surface area contributed by atoms with Gasteiger partial charge in [0.05, 0.1) is 10.5 Å². The Hall–Kier alpha value is -2.96. The van der Waals surface area contributed by atoms with Crippen LogP contribution in [0.3, 0.4) is 0 Å². The van der Waals surface area contributed by atoms with E-state index in [4.69, 9.17) is 10.5 Å². The second kappa shape index (κ2) is 6.00. The van der Waals surface area contributed by atoms with Gasteiger partial charge in [-0.05, 0) is 29.8 Å². The van der Waals surface area contributed by atoms with Gasteiger partial charge in [0, 0.05) is 6.07 Å². The van der Waals surface area contributed by atoms with Crippen LogP contribution >= 0.6 is 0 Å². The van der Waals surface area contributed by atoms with Crippen LogP contribution in [-0.2, 0) is 11.3 Å². The number of benzene rings is 2. The third-order valence-corrected chi connectivity index (χ3v) is 2.75. The van der Waals surface area contributed by atoms with Crippen molar-refractivity contribution in [3.05, 3.63) is 69.5 Å². The van der Waals surface area contributed by atoms with E-state index in [9.17, 15) is 19.3 Å². The first-order valence-electron chi connectivity index (χ1n) is 5.93. The largest absolute Gasteiger partial charge is 0.457 e. The Morgan fingerprint density at radius 1 is 1.24 bits per heavy atom. The predicted molar refractivity (Wildman–Crippen MR) is 73.0 cm³/mol. The molecule has 2 aromatic rings. The van der Waals surface area contributed by atoms with E-state index in [-0.39, 0.29) is 29.4 Å². The first-order chi connectivity index (χ1) is 9.97. The van der Waals surface area contributed by atoms with Gasteiger partial charge in [-0.15, -0.1) is 0 Å². The summed E-state index contributed by atoms with van der Waals surface area (Å²) in [5.41, 5.74) is 5.68. The molecular formula is C14H11FN2O4. The SMILES string of the molecule is Nc1ccc(C(=O)OCc2ccc(F)cc2)cc1[N+](=O)[O-]. The first kappa shape index (κ1) is 14.4. The van der Waals surface area contributed by atoms with Crippen LogP contribution < -0.4 is 5.73 Å². The zero-order valence-corrected chi connectivity index (χ0v) is 10.8. The van der Waals surface area contributed by atoms with E-state index in [0.29, 0.717) is 5.56 Å². The molecule has 0 amide bonds. The third-order valence-electron chi connectivity index (χ3n) is 2.75. The third kappa shape index (κ3) is 3.53. The van der Waals surface area contributed by atoms with E-state index in [2.05, 4.69) is 0 Å². The number of hydrogen-bond donors (Lipinski definition) is 1. The fourth-order valence-electron chi connectivity index (χ4n) is 1.64. The predicted octanol–water partition coefficient (Wildman–Crippen LogP) is 2.67. The van der Waals surface area contributed by atoms with Crippen LogP contribution in [0.2, 0.25) is 0 Å². The maximum Gasteiger partial charge on any atom is 0.338 e. The Morgan fingerprint density at radius 2 is 1.90 bits per heavy atom. The molecule has 0 atom stereocenters. The number of nitro groups is 1. The van der Waals surface area contributed by atoms with Crippen LogP contribution in [0.4, 0.5) is 15.8 Å². The summed E-state index contributed by atoms with van der Waals surface area (Å²) in [7, 11) is 0. The van der Waals surface area contributed by atoms with Crippen molar-refractivity contribution < 1.29 is 18.8 Å². The summed E-state index contributed by atoms with van der Waals surface area (Å²) in [6, 6.07) is 9.13. The van der Waals surface area contributed by atoms with Gasteiger partial charge in [0.1, 0.15) is 18.1 Å². The summed E-state index contributed by atoms with van der Waals surface area (Å²) >= 11 is 0. The molecule has 0 unspecified atom stereocenters. The zero-order valence-electron chi connectivity index (χ0n) is 10.8. The zero-order chi connectivity index (χ0) is 15.4. The van der Waals surface area contributed by atoms with E-state index in [1.54, 1.807) is 0 Å². The molecule has 6 nitrogen and oxygen atoms in total. The summed E-state index contributed by atoms with van der Waals surface area (Å²) < 4.78 is 17.7. The lowest BCUT2D eigenvalue weighted by Gasteiger charge is -2.05. The highest BCUT2D eigenvalue weighted by molar-refractivity contribution is 5.91. The van der Waals surface area contributed by atoms with Gasteiger partial charge in [-0.25, -0.2) is 9.18 Å². The monoisotopic (exact) mass is 290 g/mol. The summed E-state index contributed by atoms with van der Waals surface area (Å²) in [5.74, 6) is -1.11. The lowest BCUT2D eigenvalue weighted by molar-refractivity contribution is -0.383. The van der Waals surface area contributed by atoms with Crippen LogP contribution in [0.25, 0.3) is 0 Å². The molecular weight excluding hydrogens is 279 g/mol. The summed E-state index contributed by atoms with van der Waals surface area (Å²) in [6.07, 6.45) is 0. The van der Waals surface area contributed by atoms with Crippen LogP contribution in [-0.4, -0.2) is 10.9 Å². The van der Waals surface area contributed by atoms with Crippen molar-refractivity contribution in [3.8, 4) is 0 Å². The highest BCUT2D eigenvalue weighted by Gasteiger charge is 2.16. The Balaban J connectivity index is 2.08. The highest BCUT2D eigenvalue weighted by atomic mass is 19.1. The van der Waals surface area contributed by atoms with Crippen molar-refractivity contribution in [2.24, 2.45) is 0 Å². The van der Waals surface area contributed by atoms with Gasteiger partial charge in [-0.3, -0.25) is 10.1 Å². The number of nitrogen functional groups attached to an aromatic ring is 1. The first-order valence-corrected chi connectivity index (χ1v) is 5.93. The number of carbonyl (C=O) groups is 1. The summed E-state index contributed by atoms with van der Waals surface area (Å²) in [4.78, 5) is 21.9. The number of ether oxygens (including phenoxy) is 1. The highest BCUT2D eigenvalue weighted by Crippen LogP contribution is 2.22. The van der Waals surface area contributed by atoms with E-state index < -0.39 is 10.9 Å². The molecule has 0 aliphatic rings. The average Bonchev–Trinajstić information content (AvgIpc) is 2.46. The molecule has 108 valence electrons. The van der Waals surface area contributed by atoms with Gasteiger partial charge in [-0.2, -0.15) is 0 Å². The Labute approximate surface area is 119 Å². The molecule has 0 aromatic heterocycles. The normalized spacial score (nSPS) is 10.1. The van der Waals surface area contributed by atoms with Gasteiger partial charge >= 0.3 is 5.97 Å². The van der Waals surface area contributed by atoms with Gasteiger partial charge in [-0.1, -0.05) is 12.1 Å². The Kier molecular flexibility index (Phi) is 4.13. The van der Waals surface area contributed by atoms with Gasteiger partial charge in [0.15, 0.2) is 0 Å². The molecule has 0 spiro atoms. The van der Waals surface area contributed by atoms with Crippen molar-refractivity contribution in [2.75, 3.05) is 5.73 Å². The maximum atomic E-state index is 12.7. The minimum absolute atomic E-state index is 0.0259. The van der Waals surface area contributed by atoms with Crippen molar-refractivity contribution >= 4 is 17.3 Å². The van der Waals surface area contributed by atoms with Crippen LogP contribution in [0.5, 0.6) is 0 Å². The van der Waals surface area contributed by atoms with E-state index >= 15 is 0 Å². The minimum atomic E-state index is -0.720. The van der Waals surface area contributed by atoms with Gasteiger partial charge < -0.3 is 10.5 Å². The number of esters is 1. The van der Waals surface area contributed by atoms with E-state index in [1.807, 2.05) is 0 Å². The number of hydrogen-bond acceptors (Lipinski definition) is 5. The molecule has 2 N–H and O–H groups in total. The number of nitro benzene ring substituents is 1. The molecule has 2 rings (SSSR count). The molecule has 0 aliphatic heterocycles. The molecule has 0 radical (unpaired) electrons. The molecule has 0 heterocycles. The van der Waals surface area contributed by atoms with Crippen molar-refractivity contribution in [1.82, 2.24) is 0 Å². The standard InChI is InChI=1S/C14H11FN2O4/c15-11-4-1-9(2-5-11)8-21-14(18)10-3-6-12(16)13(7-10)17(19)20/h1-7H,8,16H2. The number of nitrogens with two attached hydrogens (primary N) is 1. The number of rotatable bonds is 4. The van der Waals surface area contributed by atoms with Crippen molar-refractivity contribution in [3.63, 3.8) is 0 Å². The second-order valence-electron chi connectivity index (χ2n) is 4.23. The fourth-order valence-corrected chi connectivity index (χ4v) is 1.64. The maximum absolute atomic E-state index is 12.7. The molecule has 0 fully saturated rings. The quantitative estimate of drug-likeness (QED) is 0.404. The van der Waals surface area contributed by atoms with Crippen molar-refractivity contribution in [2.45, 2.75) is 6.61 Å². The second-order valence-corrected chi connectivity index (χ2v) is 4.23. The molecule has 0 bridgehead atoms. The van der Waals surface area contributed by atoms with Gasteiger partial charge in [0.25, 0.3) is 5.69 Å². The molecule has 0 aliphatic carbocycles. The van der Waals surface area contributed by atoms with E-state index in [0.717, 1.165) is 6.07 Å². The van der Waals surface area contributed by atoms with Crippen LogP contribution in [0.15, 0.2) is 42.5 Å². The molecule has 21 heavy (non-hydrogen) atoms. The van der Waals surface area contributed by atoms with Crippen molar-refractivity contribution in [1.29, 1.82) is 0 Å². The minimum Gasteiger partial charge on any atom is -0.457 e. The number of nitrogens with zero attached hydrogens (tertiary/aromatic N) is 1. The lowest BCUT2D eigenvalue weighted by Crippen LogP contribution is -2.06.